The van der Waals surface area contributed by atoms with Gasteiger partial charge < -0.3 is 14.2 Å². The number of hydrogen-bond acceptors (Lipinski definition) is 4. The number of halogens is 1. The standard InChI is InChI=1S/C16H27FO4.C2H6/c1-2-3-12-10-19-16(20-11-12)13-4-6-14(7-5-13)21-15(18)8-9-17;1-2/h12-14,16H,2-11H2,1H3;1-2H3. The van der Waals surface area contributed by atoms with Crippen LogP contribution < -0.4 is 0 Å². The minimum atomic E-state index is -0.642. The van der Waals surface area contributed by atoms with Crippen LogP contribution in [-0.2, 0) is 19.0 Å². The summed E-state index contributed by atoms with van der Waals surface area (Å²) in [6.45, 7) is 7.13. The van der Waals surface area contributed by atoms with E-state index in [4.69, 9.17) is 14.2 Å². The van der Waals surface area contributed by atoms with E-state index in [0.29, 0.717) is 11.8 Å². The number of hydrogen-bond donors (Lipinski definition) is 0. The van der Waals surface area contributed by atoms with Crippen LogP contribution in [0.15, 0.2) is 0 Å². The molecular weight excluding hydrogens is 299 g/mol. The lowest BCUT2D eigenvalue weighted by molar-refractivity contribution is -0.231. The van der Waals surface area contributed by atoms with Crippen molar-refractivity contribution in [2.75, 3.05) is 19.9 Å². The second kappa shape index (κ2) is 11.8. The molecule has 1 saturated heterocycles. The lowest BCUT2D eigenvalue weighted by Crippen LogP contribution is -2.39. The molecule has 4 nitrogen and oxygen atoms in total. The lowest BCUT2D eigenvalue weighted by Gasteiger charge is -2.37. The van der Waals surface area contributed by atoms with Gasteiger partial charge >= 0.3 is 5.97 Å². The van der Waals surface area contributed by atoms with Crippen molar-refractivity contribution in [1.82, 2.24) is 0 Å². The average Bonchev–Trinajstić information content (AvgIpc) is 2.59. The molecule has 0 aromatic carbocycles. The van der Waals surface area contributed by atoms with E-state index in [-0.39, 0.29) is 18.8 Å². The Kier molecular flexibility index (Phi) is 10.4. The van der Waals surface area contributed by atoms with E-state index in [1.54, 1.807) is 0 Å². The van der Waals surface area contributed by atoms with Gasteiger partial charge in [0.25, 0.3) is 0 Å². The van der Waals surface area contributed by atoms with E-state index in [1.807, 2.05) is 13.8 Å². The van der Waals surface area contributed by atoms with Crippen LogP contribution in [0.25, 0.3) is 0 Å². The highest BCUT2D eigenvalue weighted by molar-refractivity contribution is 5.69. The van der Waals surface area contributed by atoms with E-state index in [9.17, 15) is 9.18 Å². The quantitative estimate of drug-likeness (QED) is 0.682. The van der Waals surface area contributed by atoms with Crippen molar-refractivity contribution in [3.63, 3.8) is 0 Å². The van der Waals surface area contributed by atoms with Crippen LogP contribution >= 0.6 is 0 Å². The Hall–Kier alpha value is -0.680. The normalized spacial score (nSPS) is 31.0. The summed E-state index contributed by atoms with van der Waals surface area (Å²) in [4.78, 5) is 11.3. The highest BCUT2D eigenvalue weighted by Gasteiger charge is 2.33. The Morgan fingerprint density at radius 3 is 2.26 bits per heavy atom. The molecule has 0 aromatic rings. The van der Waals surface area contributed by atoms with E-state index in [2.05, 4.69) is 6.92 Å². The zero-order valence-corrected chi connectivity index (χ0v) is 14.9. The SMILES string of the molecule is CC.CCCC1COC(C2CCC(OC(=O)CCF)CC2)OC1. The predicted octanol–water partition coefficient (Wildman–Crippen LogP) is 4.26. The molecule has 1 aliphatic heterocycles. The topological polar surface area (TPSA) is 44.8 Å². The second-order valence-corrected chi connectivity index (χ2v) is 6.16. The fraction of sp³-hybridized carbons (Fsp3) is 0.944. The maximum atomic E-state index is 12.1. The van der Waals surface area contributed by atoms with Gasteiger partial charge in [0, 0.05) is 11.8 Å². The van der Waals surface area contributed by atoms with Gasteiger partial charge in [-0.25, -0.2) is 0 Å². The molecular formula is C18H33FO4. The molecule has 1 aliphatic carbocycles. The summed E-state index contributed by atoms with van der Waals surface area (Å²) in [5.41, 5.74) is 0. The van der Waals surface area contributed by atoms with Gasteiger partial charge in [0.1, 0.15) is 6.10 Å². The van der Waals surface area contributed by atoms with Gasteiger partial charge in [-0.1, -0.05) is 27.2 Å². The van der Waals surface area contributed by atoms with Crippen molar-refractivity contribution in [3.05, 3.63) is 0 Å². The third-order valence-corrected chi connectivity index (χ3v) is 4.39. The van der Waals surface area contributed by atoms with Crippen LogP contribution in [0.5, 0.6) is 0 Å². The molecule has 0 N–H and O–H groups in total. The van der Waals surface area contributed by atoms with Crippen LogP contribution in [0.1, 0.15) is 65.7 Å². The van der Waals surface area contributed by atoms with Gasteiger partial charge in [-0.15, -0.1) is 0 Å². The zero-order valence-electron chi connectivity index (χ0n) is 14.9. The molecule has 1 heterocycles. The van der Waals surface area contributed by atoms with Crippen LogP contribution in [-0.4, -0.2) is 38.3 Å². The third-order valence-electron chi connectivity index (χ3n) is 4.39. The first kappa shape index (κ1) is 20.4. The monoisotopic (exact) mass is 332 g/mol. The first-order valence-corrected chi connectivity index (χ1v) is 9.21. The van der Waals surface area contributed by atoms with Crippen LogP contribution in [0.3, 0.4) is 0 Å². The number of rotatable bonds is 6. The molecule has 0 unspecified atom stereocenters. The molecule has 136 valence electrons. The van der Waals surface area contributed by atoms with Gasteiger partial charge in [0.2, 0.25) is 0 Å². The lowest BCUT2D eigenvalue weighted by atomic mass is 9.86. The molecule has 2 aliphatic rings. The Morgan fingerprint density at radius 2 is 1.74 bits per heavy atom. The van der Waals surface area contributed by atoms with Crippen LogP contribution in [0.2, 0.25) is 0 Å². The fourth-order valence-corrected chi connectivity index (χ4v) is 3.21. The predicted molar refractivity (Wildman–Crippen MR) is 87.9 cm³/mol. The molecule has 2 fully saturated rings. The molecule has 0 amide bonds. The van der Waals surface area contributed by atoms with E-state index >= 15 is 0 Å². The summed E-state index contributed by atoms with van der Waals surface area (Å²) in [7, 11) is 0. The minimum absolute atomic E-state index is 0.0586. The van der Waals surface area contributed by atoms with Crippen LogP contribution in [0, 0.1) is 11.8 Å². The Labute approximate surface area is 140 Å². The van der Waals surface area contributed by atoms with Crippen molar-refractivity contribution >= 4 is 5.97 Å². The first-order valence-electron chi connectivity index (χ1n) is 9.21. The molecule has 0 radical (unpaired) electrons. The summed E-state index contributed by atoms with van der Waals surface area (Å²) in [5.74, 6) is 0.501. The molecule has 0 aromatic heterocycles. The van der Waals surface area contributed by atoms with E-state index in [0.717, 1.165) is 51.7 Å². The molecule has 0 bridgehead atoms. The highest BCUT2D eigenvalue weighted by atomic mass is 19.1. The summed E-state index contributed by atoms with van der Waals surface area (Å²) in [6.07, 6.45) is 5.56. The van der Waals surface area contributed by atoms with Crippen molar-refractivity contribution in [2.45, 2.75) is 78.1 Å². The molecule has 1 saturated carbocycles. The summed E-state index contributed by atoms with van der Waals surface area (Å²) in [6, 6.07) is 0. The first-order chi connectivity index (χ1) is 11.2. The van der Waals surface area contributed by atoms with Gasteiger partial charge in [-0.2, -0.15) is 0 Å². The van der Waals surface area contributed by atoms with Crippen molar-refractivity contribution in [1.29, 1.82) is 0 Å². The number of ether oxygens (including phenoxy) is 3. The highest BCUT2D eigenvalue weighted by Crippen LogP contribution is 2.32. The van der Waals surface area contributed by atoms with Crippen molar-refractivity contribution < 1.29 is 23.4 Å². The number of alkyl halides is 1. The van der Waals surface area contributed by atoms with Gasteiger partial charge in [0.05, 0.1) is 26.3 Å². The Bertz CT molecular complexity index is 308. The van der Waals surface area contributed by atoms with E-state index < -0.39 is 12.6 Å². The molecule has 23 heavy (non-hydrogen) atoms. The summed E-state index contributed by atoms with van der Waals surface area (Å²) < 4.78 is 29.0. The maximum absolute atomic E-state index is 12.1. The zero-order chi connectivity index (χ0) is 17.1. The Morgan fingerprint density at radius 1 is 1.13 bits per heavy atom. The van der Waals surface area contributed by atoms with Gasteiger partial charge in [-0.05, 0) is 32.1 Å². The van der Waals surface area contributed by atoms with Gasteiger partial charge in [0.15, 0.2) is 6.29 Å². The number of carbonyl (C=O) groups is 1. The molecule has 0 spiro atoms. The van der Waals surface area contributed by atoms with E-state index in [1.165, 1.54) is 0 Å². The molecule has 5 heteroatoms. The average molecular weight is 332 g/mol. The summed E-state index contributed by atoms with van der Waals surface area (Å²) in [5, 5.41) is 0. The second-order valence-electron chi connectivity index (χ2n) is 6.16. The van der Waals surface area contributed by atoms with Crippen molar-refractivity contribution in [3.8, 4) is 0 Å². The minimum Gasteiger partial charge on any atom is -0.462 e. The number of esters is 1. The van der Waals surface area contributed by atoms with Gasteiger partial charge in [-0.3, -0.25) is 9.18 Å². The molecule has 0 atom stereocenters. The van der Waals surface area contributed by atoms with Crippen molar-refractivity contribution in [2.24, 2.45) is 11.8 Å². The smallest absolute Gasteiger partial charge is 0.308 e. The maximum Gasteiger partial charge on any atom is 0.308 e. The fourth-order valence-electron chi connectivity index (χ4n) is 3.21. The van der Waals surface area contributed by atoms with Crippen LogP contribution in [0.4, 0.5) is 4.39 Å². The molecule has 2 rings (SSSR count). The Balaban J connectivity index is 0.00000127. The largest absolute Gasteiger partial charge is 0.462 e. The summed E-state index contributed by atoms with van der Waals surface area (Å²) >= 11 is 0. The number of carbonyl (C=O) groups excluding carboxylic acids is 1. The third kappa shape index (κ3) is 7.17.